The highest BCUT2D eigenvalue weighted by atomic mass is 16.5. The lowest BCUT2D eigenvalue weighted by atomic mass is 9.83. The van der Waals surface area contributed by atoms with Gasteiger partial charge < -0.3 is 14.2 Å². The average Bonchev–Trinajstić information content (AvgIpc) is 3.17. The maximum absolute atomic E-state index is 13.5. The number of carbonyl (C=O) groups excluding carboxylic acids is 1. The lowest BCUT2D eigenvalue weighted by molar-refractivity contribution is 0.0512. The molecule has 4 nitrogen and oxygen atoms in total. The van der Waals surface area contributed by atoms with Gasteiger partial charge in [0.1, 0.15) is 5.69 Å². The van der Waals surface area contributed by atoms with Gasteiger partial charge in [0.2, 0.25) is 0 Å². The van der Waals surface area contributed by atoms with E-state index in [1.165, 1.54) is 0 Å². The van der Waals surface area contributed by atoms with E-state index in [0.29, 0.717) is 12.3 Å². The van der Waals surface area contributed by atoms with Crippen LogP contribution in [0, 0.1) is 0 Å². The first-order valence-electron chi connectivity index (χ1n) is 12.1. The highest BCUT2D eigenvalue weighted by molar-refractivity contribution is 6.00. The first-order chi connectivity index (χ1) is 16.6. The number of aromatic nitrogens is 1. The maximum atomic E-state index is 13.5. The number of benzene rings is 3. The van der Waals surface area contributed by atoms with E-state index in [1.807, 2.05) is 19.1 Å². The number of aryl methyl sites for hydroxylation is 1. The summed E-state index contributed by atoms with van der Waals surface area (Å²) in [5.41, 5.74) is 5.11. The highest BCUT2D eigenvalue weighted by Crippen LogP contribution is 2.40. The fourth-order valence-electron chi connectivity index (χ4n) is 4.79. The minimum Gasteiger partial charge on any atom is -0.461 e. The minimum absolute atomic E-state index is 0.0743. The third-order valence-electron chi connectivity index (χ3n) is 6.27. The summed E-state index contributed by atoms with van der Waals surface area (Å²) in [7, 11) is 4.19. The number of fused-ring (bicyclic) bond motifs is 1. The van der Waals surface area contributed by atoms with E-state index in [4.69, 9.17) is 4.74 Å². The maximum Gasteiger partial charge on any atom is 0.355 e. The summed E-state index contributed by atoms with van der Waals surface area (Å²) in [6.07, 6.45) is 2.06. The molecule has 34 heavy (non-hydrogen) atoms. The molecular formula is C30H34N2O2. The third kappa shape index (κ3) is 5.07. The van der Waals surface area contributed by atoms with Crippen LogP contribution in [0.15, 0.2) is 84.9 Å². The number of nitrogens with zero attached hydrogens (tertiary/aromatic N) is 2. The van der Waals surface area contributed by atoms with E-state index in [9.17, 15) is 4.79 Å². The van der Waals surface area contributed by atoms with Crippen LogP contribution >= 0.6 is 0 Å². The Morgan fingerprint density at radius 1 is 0.853 bits per heavy atom. The molecule has 0 aliphatic carbocycles. The van der Waals surface area contributed by atoms with Crippen LogP contribution in [-0.4, -0.2) is 42.7 Å². The summed E-state index contributed by atoms with van der Waals surface area (Å²) in [5.74, 6) is -0.326. The molecule has 0 spiro atoms. The number of unbranched alkanes of at least 4 members (excludes halogenated alkanes) is 1. The van der Waals surface area contributed by atoms with Gasteiger partial charge in [-0.25, -0.2) is 4.79 Å². The monoisotopic (exact) mass is 454 g/mol. The quantitative estimate of drug-likeness (QED) is 0.207. The van der Waals surface area contributed by atoms with Crippen molar-refractivity contribution in [3.05, 3.63) is 107 Å². The molecule has 4 aromatic rings. The van der Waals surface area contributed by atoms with Gasteiger partial charge in [-0.3, -0.25) is 0 Å². The zero-order valence-electron chi connectivity index (χ0n) is 20.4. The zero-order valence-corrected chi connectivity index (χ0v) is 20.4. The SMILES string of the molecule is CCOC(=O)c1c(C(c2ccccc2)c2ccccc2)c2ccccc2n1CCCCN(C)C. The molecule has 0 amide bonds. The van der Waals surface area contributed by atoms with Gasteiger partial charge in [-0.15, -0.1) is 0 Å². The summed E-state index contributed by atoms with van der Waals surface area (Å²) in [5, 5.41) is 1.11. The van der Waals surface area contributed by atoms with Crippen molar-refractivity contribution >= 4 is 16.9 Å². The Labute approximate surface area is 202 Å². The molecular weight excluding hydrogens is 420 g/mol. The number of hydrogen-bond acceptors (Lipinski definition) is 3. The number of para-hydroxylation sites is 1. The molecule has 0 saturated carbocycles. The molecule has 0 aliphatic heterocycles. The molecule has 0 bridgehead atoms. The fraction of sp³-hybridized carbons (Fsp3) is 0.300. The number of carbonyl (C=O) groups is 1. The molecule has 0 saturated heterocycles. The normalized spacial score (nSPS) is 11.4. The van der Waals surface area contributed by atoms with Crippen molar-refractivity contribution in [2.75, 3.05) is 27.2 Å². The van der Waals surface area contributed by atoms with Crippen LogP contribution in [0.3, 0.4) is 0 Å². The molecule has 0 fully saturated rings. The number of esters is 1. The number of rotatable bonds is 10. The summed E-state index contributed by atoms with van der Waals surface area (Å²) in [6, 6.07) is 29.3. The second kappa shape index (κ2) is 11.2. The summed E-state index contributed by atoms with van der Waals surface area (Å²) < 4.78 is 7.83. The average molecular weight is 455 g/mol. The van der Waals surface area contributed by atoms with Gasteiger partial charge in [0, 0.05) is 28.9 Å². The summed E-state index contributed by atoms with van der Waals surface area (Å²) in [6.45, 7) is 4.02. The predicted octanol–water partition coefficient (Wildman–Crippen LogP) is 6.34. The Kier molecular flexibility index (Phi) is 7.81. The Morgan fingerprint density at radius 2 is 1.44 bits per heavy atom. The van der Waals surface area contributed by atoms with E-state index >= 15 is 0 Å². The molecule has 1 heterocycles. The molecule has 4 heteroatoms. The second-order valence-electron chi connectivity index (χ2n) is 8.92. The van der Waals surface area contributed by atoms with Crippen molar-refractivity contribution in [1.82, 2.24) is 9.47 Å². The Morgan fingerprint density at radius 3 is 2.03 bits per heavy atom. The minimum atomic E-state index is -0.252. The van der Waals surface area contributed by atoms with Crippen molar-refractivity contribution in [1.29, 1.82) is 0 Å². The lowest BCUT2D eigenvalue weighted by Gasteiger charge is -2.20. The van der Waals surface area contributed by atoms with Crippen LogP contribution < -0.4 is 0 Å². The molecule has 0 atom stereocenters. The van der Waals surface area contributed by atoms with Crippen molar-refractivity contribution in [2.24, 2.45) is 0 Å². The van der Waals surface area contributed by atoms with Gasteiger partial charge in [0.05, 0.1) is 6.61 Å². The number of ether oxygens (including phenoxy) is 1. The molecule has 0 unspecified atom stereocenters. The molecule has 0 N–H and O–H groups in total. The Balaban J connectivity index is 1.94. The topological polar surface area (TPSA) is 34.5 Å². The Hall–Kier alpha value is -3.37. The van der Waals surface area contributed by atoms with Gasteiger partial charge >= 0.3 is 5.97 Å². The molecule has 1 aromatic heterocycles. The van der Waals surface area contributed by atoms with Crippen LogP contribution in [0.25, 0.3) is 10.9 Å². The number of hydrogen-bond donors (Lipinski definition) is 0. The van der Waals surface area contributed by atoms with Crippen LogP contribution in [0.2, 0.25) is 0 Å². The fourth-order valence-corrected chi connectivity index (χ4v) is 4.79. The van der Waals surface area contributed by atoms with Crippen LogP contribution in [0.1, 0.15) is 52.9 Å². The largest absolute Gasteiger partial charge is 0.461 e. The van der Waals surface area contributed by atoms with E-state index < -0.39 is 0 Å². The van der Waals surface area contributed by atoms with Crippen molar-refractivity contribution in [3.63, 3.8) is 0 Å². The molecule has 3 aromatic carbocycles. The lowest BCUT2D eigenvalue weighted by Crippen LogP contribution is -2.18. The van der Waals surface area contributed by atoms with Gasteiger partial charge in [-0.1, -0.05) is 78.9 Å². The van der Waals surface area contributed by atoms with Crippen molar-refractivity contribution in [2.45, 2.75) is 32.2 Å². The molecule has 176 valence electrons. The molecule has 4 rings (SSSR count). The van der Waals surface area contributed by atoms with Crippen LogP contribution in [-0.2, 0) is 11.3 Å². The predicted molar refractivity (Wildman–Crippen MR) is 140 cm³/mol. The summed E-state index contributed by atoms with van der Waals surface area (Å²) >= 11 is 0. The highest BCUT2D eigenvalue weighted by Gasteiger charge is 2.30. The first-order valence-corrected chi connectivity index (χ1v) is 12.1. The van der Waals surface area contributed by atoms with E-state index in [-0.39, 0.29) is 11.9 Å². The van der Waals surface area contributed by atoms with Crippen molar-refractivity contribution < 1.29 is 9.53 Å². The van der Waals surface area contributed by atoms with E-state index in [0.717, 1.165) is 53.5 Å². The molecule has 0 aliphatic rings. The zero-order chi connectivity index (χ0) is 23.9. The van der Waals surface area contributed by atoms with Gasteiger partial charge in [-0.05, 0) is 57.6 Å². The summed E-state index contributed by atoms with van der Waals surface area (Å²) in [4.78, 5) is 15.7. The third-order valence-corrected chi connectivity index (χ3v) is 6.27. The standard InChI is InChI=1S/C30H34N2O2/c1-4-34-30(33)29-28(27(23-15-7-5-8-16-23)24-17-9-6-10-18-24)25-19-11-12-20-26(25)32(29)22-14-13-21-31(2)3/h5-12,15-20,27H,4,13-14,21-22H2,1-3H3. The molecule has 0 radical (unpaired) electrons. The van der Waals surface area contributed by atoms with Gasteiger partial charge in [0.15, 0.2) is 0 Å². The van der Waals surface area contributed by atoms with Crippen LogP contribution in [0.5, 0.6) is 0 Å². The van der Waals surface area contributed by atoms with Crippen molar-refractivity contribution in [3.8, 4) is 0 Å². The Bertz CT molecular complexity index is 1170. The first kappa shape index (κ1) is 23.8. The van der Waals surface area contributed by atoms with Crippen LogP contribution in [0.4, 0.5) is 0 Å². The second-order valence-corrected chi connectivity index (χ2v) is 8.92. The van der Waals surface area contributed by atoms with E-state index in [1.54, 1.807) is 0 Å². The van der Waals surface area contributed by atoms with Gasteiger partial charge in [0.25, 0.3) is 0 Å². The van der Waals surface area contributed by atoms with Gasteiger partial charge in [-0.2, -0.15) is 0 Å². The smallest absolute Gasteiger partial charge is 0.355 e. The van der Waals surface area contributed by atoms with E-state index in [2.05, 4.69) is 96.4 Å².